The van der Waals surface area contributed by atoms with Crippen LogP contribution in [0, 0.1) is 0 Å². The highest BCUT2D eigenvalue weighted by Crippen LogP contribution is 2.35. The first-order valence-electron chi connectivity index (χ1n) is 6.55. The number of carbonyl (C=O) groups is 1. The van der Waals surface area contributed by atoms with Gasteiger partial charge in [-0.05, 0) is 19.1 Å². The molecule has 0 aliphatic carbocycles. The fraction of sp³-hybridized carbons (Fsp3) is 0.357. The van der Waals surface area contributed by atoms with Crippen LogP contribution in [0.1, 0.15) is 18.9 Å². The van der Waals surface area contributed by atoms with E-state index in [1.54, 1.807) is 6.92 Å². The number of benzene rings is 1. The van der Waals surface area contributed by atoms with E-state index in [4.69, 9.17) is 9.47 Å². The van der Waals surface area contributed by atoms with Gasteiger partial charge in [-0.15, -0.1) is 10.2 Å². The van der Waals surface area contributed by atoms with Crippen molar-refractivity contribution < 1.29 is 14.3 Å². The number of ketones is 1. The van der Waals surface area contributed by atoms with Gasteiger partial charge in [0.1, 0.15) is 12.4 Å². The maximum Gasteiger partial charge on any atom is 0.192 e. The van der Waals surface area contributed by atoms with Crippen molar-refractivity contribution in [2.45, 2.75) is 18.2 Å². The normalized spacial score (nSPS) is 16.8. The molecule has 2 aromatic rings. The molecule has 1 atom stereocenters. The van der Waals surface area contributed by atoms with E-state index in [-0.39, 0.29) is 11.9 Å². The van der Waals surface area contributed by atoms with E-state index < -0.39 is 0 Å². The third-order valence-electron chi connectivity index (χ3n) is 3.07. The predicted octanol–water partition coefficient (Wildman–Crippen LogP) is 2.01. The summed E-state index contributed by atoms with van der Waals surface area (Å²) in [5.41, 5.74) is 0. The van der Waals surface area contributed by atoms with Gasteiger partial charge >= 0.3 is 0 Å². The molecule has 0 amide bonds. The molecule has 0 spiro atoms. The summed E-state index contributed by atoms with van der Waals surface area (Å²) in [5, 5.41) is 8.97. The number of hydrogen-bond donors (Lipinski definition) is 0. The molecule has 21 heavy (non-hydrogen) atoms. The Hall–Kier alpha value is -2.02. The Morgan fingerprint density at radius 3 is 2.90 bits per heavy atom. The zero-order chi connectivity index (χ0) is 14.8. The number of nitrogens with zero attached hydrogens (tertiary/aromatic N) is 3. The van der Waals surface area contributed by atoms with Crippen LogP contribution in [0.3, 0.4) is 0 Å². The smallest absolute Gasteiger partial charge is 0.192 e. The molecule has 6 nitrogen and oxygen atoms in total. The first kappa shape index (κ1) is 13.9. The number of carbonyl (C=O) groups excluding carboxylic acids is 1. The summed E-state index contributed by atoms with van der Waals surface area (Å²) < 4.78 is 13.4. The summed E-state index contributed by atoms with van der Waals surface area (Å²) in [5.74, 6) is 2.62. The summed E-state index contributed by atoms with van der Waals surface area (Å²) in [6.45, 7) is 1.94. The second-order valence-electron chi connectivity index (χ2n) is 4.75. The highest BCUT2D eigenvalue weighted by Gasteiger charge is 2.27. The summed E-state index contributed by atoms with van der Waals surface area (Å²) >= 11 is 1.37. The number of ether oxygens (including phenoxy) is 2. The van der Waals surface area contributed by atoms with Crippen LogP contribution in [-0.2, 0) is 11.8 Å². The van der Waals surface area contributed by atoms with Crippen LogP contribution in [0.15, 0.2) is 29.4 Å². The SMILES string of the molecule is CC(=O)CSc1nnc(C2COc3ccccc3O2)n1C. The van der Waals surface area contributed by atoms with Gasteiger partial charge in [-0.1, -0.05) is 23.9 Å². The van der Waals surface area contributed by atoms with Crippen molar-refractivity contribution in [2.24, 2.45) is 7.05 Å². The van der Waals surface area contributed by atoms with Crippen LogP contribution < -0.4 is 9.47 Å². The van der Waals surface area contributed by atoms with Gasteiger partial charge in [-0.2, -0.15) is 0 Å². The van der Waals surface area contributed by atoms with Gasteiger partial charge in [0.2, 0.25) is 0 Å². The van der Waals surface area contributed by atoms with Gasteiger partial charge in [0.15, 0.2) is 28.6 Å². The van der Waals surface area contributed by atoms with E-state index >= 15 is 0 Å². The number of para-hydroxylation sites is 2. The predicted molar refractivity (Wildman–Crippen MR) is 77.7 cm³/mol. The number of hydrogen-bond acceptors (Lipinski definition) is 6. The van der Waals surface area contributed by atoms with E-state index in [1.807, 2.05) is 35.9 Å². The second-order valence-corrected chi connectivity index (χ2v) is 5.70. The summed E-state index contributed by atoms with van der Waals surface area (Å²) in [6, 6.07) is 7.54. The number of fused-ring (bicyclic) bond motifs is 1. The molecule has 1 aliphatic rings. The molecule has 1 unspecified atom stereocenters. The van der Waals surface area contributed by atoms with E-state index in [2.05, 4.69) is 10.2 Å². The van der Waals surface area contributed by atoms with Crippen LogP contribution in [0.25, 0.3) is 0 Å². The standard InChI is InChI=1S/C14H15N3O3S/c1-9(18)8-21-14-16-15-13(17(14)2)12-7-19-10-5-3-4-6-11(10)20-12/h3-6,12H,7-8H2,1-2H3. The van der Waals surface area contributed by atoms with Crippen LogP contribution in [0.4, 0.5) is 0 Å². The minimum Gasteiger partial charge on any atom is -0.485 e. The van der Waals surface area contributed by atoms with Gasteiger partial charge in [0.05, 0.1) is 5.75 Å². The summed E-state index contributed by atoms with van der Waals surface area (Å²) in [4.78, 5) is 11.1. The van der Waals surface area contributed by atoms with Gasteiger partial charge in [0, 0.05) is 7.05 Å². The highest BCUT2D eigenvalue weighted by molar-refractivity contribution is 7.99. The maximum absolute atomic E-state index is 11.1. The molecule has 7 heteroatoms. The average Bonchev–Trinajstić information content (AvgIpc) is 2.85. The largest absolute Gasteiger partial charge is 0.485 e. The van der Waals surface area contributed by atoms with Crippen LogP contribution in [0.2, 0.25) is 0 Å². The maximum atomic E-state index is 11.1. The number of rotatable bonds is 4. The lowest BCUT2D eigenvalue weighted by atomic mass is 10.2. The Bertz CT molecular complexity index is 671. The number of Topliss-reactive ketones (excluding diaryl/α,β-unsaturated/α-hetero) is 1. The lowest BCUT2D eigenvalue weighted by Gasteiger charge is -2.25. The topological polar surface area (TPSA) is 66.2 Å². The van der Waals surface area contributed by atoms with Crippen LogP contribution in [-0.4, -0.2) is 32.9 Å². The molecule has 2 heterocycles. The number of aromatic nitrogens is 3. The minimum absolute atomic E-state index is 0.107. The quantitative estimate of drug-likeness (QED) is 0.805. The fourth-order valence-electron chi connectivity index (χ4n) is 2.05. The van der Waals surface area contributed by atoms with Gasteiger partial charge in [-0.3, -0.25) is 4.79 Å². The van der Waals surface area contributed by atoms with Crippen molar-refractivity contribution in [3.63, 3.8) is 0 Å². The third-order valence-corrected chi connectivity index (χ3v) is 4.23. The zero-order valence-electron chi connectivity index (χ0n) is 11.8. The molecule has 0 radical (unpaired) electrons. The molecule has 1 aromatic heterocycles. The Labute approximate surface area is 126 Å². The third kappa shape index (κ3) is 2.87. The molecule has 110 valence electrons. The van der Waals surface area contributed by atoms with Crippen LogP contribution >= 0.6 is 11.8 Å². The molecule has 1 aliphatic heterocycles. The van der Waals surface area contributed by atoms with Crippen molar-refractivity contribution in [2.75, 3.05) is 12.4 Å². The van der Waals surface area contributed by atoms with E-state index in [0.29, 0.717) is 29.1 Å². The molecule has 1 aromatic carbocycles. The van der Waals surface area contributed by atoms with Crippen LogP contribution in [0.5, 0.6) is 11.5 Å². The van der Waals surface area contributed by atoms with Crippen molar-refractivity contribution in [3.05, 3.63) is 30.1 Å². The minimum atomic E-state index is -0.302. The Morgan fingerprint density at radius 1 is 1.38 bits per heavy atom. The Balaban J connectivity index is 1.78. The van der Waals surface area contributed by atoms with Crippen molar-refractivity contribution >= 4 is 17.5 Å². The molecule has 0 saturated heterocycles. The molecule has 3 rings (SSSR count). The average molecular weight is 305 g/mol. The molecule has 0 bridgehead atoms. The molecular formula is C14H15N3O3S. The first-order chi connectivity index (χ1) is 10.1. The Morgan fingerprint density at radius 2 is 2.14 bits per heavy atom. The highest BCUT2D eigenvalue weighted by atomic mass is 32.2. The van der Waals surface area contributed by atoms with Crippen molar-refractivity contribution in [1.29, 1.82) is 0 Å². The zero-order valence-corrected chi connectivity index (χ0v) is 12.6. The lowest BCUT2D eigenvalue weighted by Crippen LogP contribution is -2.24. The Kier molecular flexibility index (Phi) is 3.83. The summed E-state index contributed by atoms with van der Waals surface area (Å²) in [7, 11) is 1.86. The monoisotopic (exact) mass is 305 g/mol. The van der Waals surface area contributed by atoms with E-state index in [1.165, 1.54) is 11.8 Å². The summed E-state index contributed by atoms with van der Waals surface area (Å²) in [6.07, 6.45) is -0.302. The first-order valence-corrected chi connectivity index (χ1v) is 7.53. The van der Waals surface area contributed by atoms with E-state index in [9.17, 15) is 4.79 Å². The van der Waals surface area contributed by atoms with Gasteiger partial charge < -0.3 is 14.0 Å². The lowest BCUT2D eigenvalue weighted by molar-refractivity contribution is -0.114. The molecule has 0 N–H and O–H groups in total. The molecule has 0 saturated carbocycles. The van der Waals surface area contributed by atoms with Gasteiger partial charge in [0.25, 0.3) is 0 Å². The fourth-order valence-corrected chi connectivity index (χ4v) is 2.76. The molecular weight excluding hydrogens is 290 g/mol. The molecule has 0 fully saturated rings. The van der Waals surface area contributed by atoms with Crippen molar-refractivity contribution in [3.8, 4) is 11.5 Å². The van der Waals surface area contributed by atoms with Gasteiger partial charge in [-0.25, -0.2) is 0 Å². The number of thioether (sulfide) groups is 1. The second kappa shape index (κ2) is 5.77. The van der Waals surface area contributed by atoms with E-state index in [0.717, 1.165) is 5.75 Å². The van der Waals surface area contributed by atoms with Crippen molar-refractivity contribution in [1.82, 2.24) is 14.8 Å².